The van der Waals surface area contributed by atoms with Gasteiger partial charge in [-0.2, -0.15) is 13.2 Å². The summed E-state index contributed by atoms with van der Waals surface area (Å²) in [4.78, 5) is 42.5. The quantitative estimate of drug-likeness (QED) is 0.303. The normalized spacial score (nSPS) is 14.7. The summed E-state index contributed by atoms with van der Waals surface area (Å²) in [7, 11) is -2.13. The summed E-state index contributed by atoms with van der Waals surface area (Å²) < 4.78 is 71.7. The van der Waals surface area contributed by atoms with Crippen LogP contribution >= 0.6 is 0 Å². The van der Waals surface area contributed by atoms with Crippen molar-refractivity contribution in [3.8, 4) is 17.3 Å². The van der Waals surface area contributed by atoms with Crippen LogP contribution < -0.4 is 15.6 Å². The molecule has 1 aliphatic rings. The fourth-order valence-corrected chi connectivity index (χ4v) is 4.84. The fraction of sp³-hybridized carbons (Fsp3) is 0.417. The highest BCUT2D eigenvalue weighted by atomic mass is 32.2. The molecule has 1 atom stereocenters. The summed E-state index contributed by atoms with van der Waals surface area (Å²) in [5.41, 5.74) is -0.561. The highest BCUT2D eigenvalue weighted by molar-refractivity contribution is 7.91. The van der Waals surface area contributed by atoms with Gasteiger partial charge < -0.3 is 10.1 Å². The number of hydrogen-bond acceptors (Lipinski definition) is 12. The Hall–Kier alpha value is -4.28. The van der Waals surface area contributed by atoms with Crippen molar-refractivity contribution in [1.29, 1.82) is 0 Å². The first-order valence-corrected chi connectivity index (χ1v) is 14.1. The van der Waals surface area contributed by atoms with Crippen LogP contribution in [0.2, 0.25) is 0 Å². The SMILES string of the molecule is CCS(=O)(=O)c1cnc(CNc2nc3cnc(-c4c(OC)ncnc4C4CC4)nc3n(C(C)C(F)(F)F)c2=O)nc1. The Labute approximate surface area is 231 Å². The first kappa shape index (κ1) is 28.3. The summed E-state index contributed by atoms with van der Waals surface area (Å²) >= 11 is 0. The summed E-state index contributed by atoms with van der Waals surface area (Å²) in [6.45, 7) is 2.10. The zero-order valence-electron chi connectivity index (χ0n) is 22.0. The van der Waals surface area contributed by atoms with Crippen molar-refractivity contribution in [2.45, 2.75) is 56.3 Å². The molecule has 4 aromatic heterocycles. The minimum atomic E-state index is -4.79. The molecule has 216 valence electrons. The molecule has 1 fully saturated rings. The van der Waals surface area contributed by atoms with Crippen LogP contribution in [0.25, 0.3) is 22.6 Å². The molecule has 41 heavy (non-hydrogen) atoms. The van der Waals surface area contributed by atoms with E-state index in [1.807, 2.05) is 0 Å². The number of anilines is 1. The number of aromatic nitrogens is 8. The average Bonchev–Trinajstić information content (AvgIpc) is 3.80. The second-order valence-corrected chi connectivity index (χ2v) is 11.5. The summed E-state index contributed by atoms with van der Waals surface area (Å²) in [6.07, 6.45) is 1.73. The van der Waals surface area contributed by atoms with Gasteiger partial charge in [0.25, 0.3) is 5.56 Å². The van der Waals surface area contributed by atoms with Crippen molar-refractivity contribution in [1.82, 2.24) is 39.5 Å². The van der Waals surface area contributed by atoms with E-state index in [-0.39, 0.29) is 51.8 Å². The Morgan fingerprint density at radius 1 is 1.10 bits per heavy atom. The standard InChI is InChI=1S/C24H24F3N9O4S/c1-4-41(38,39)14-7-28-16(29-8-14)10-31-20-23(37)36(12(2)24(25,26)27)21-15(34-20)9-30-19(35-21)17-18(13-5-6-13)32-11-33-22(17)40-3/h7-9,11-13H,4-6,10H2,1-3H3,(H,31,34). The molecule has 0 bridgehead atoms. The molecule has 0 amide bonds. The molecule has 5 rings (SSSR count). The van der Waals surface area contributed by atoms with Crippen LogP contribution in [0.4, 0.5) is 19.0 Å². The third-order valence-electron chi connectivity index (χ3n) is 6.55. The lowest BCUT2D eigenvalue weighted by molar-refractivity contribution is -0.162. The fourth-order valence-electron chi connectivity index (χ4n) is 4.08. The lowest BCUT2D eigenvalue weighted by Gasteiger charge is -2.21. The predicted octanol–water partition coefficient (Wildman–Crippen LogP) is 2.85. The van der Waals surface area contributed by atoms with Gasteiger partial charge in [-0.25, -0.2) is 43.3 Å². The minimum Gasteiger partial charge on any atom is -0.480 e. The molecular formula is C24H24F3N9O4S. The van der Waals surface area contributed by atoms with E-state index in [1.54, 1.807) is 0 Å². The number of sulfone groups is 1. The van der Waals surface area contributed by atoms with Crippen molar-refractivity contribution in [2.75, 3.05) is 18.2 Å². The van der Waals surface area contributed by atoms with Gasteiger partial charge >= 0.3 is 6.18 Å². The smallest absolute Gasteiger partial charge is 0.409 e. The Balaban J connectivity index is 1.58. The van der Waals surface area contributed by atoms with Crippen molar-refractivity contribution < 1.29 is 26.3 Å². The van der Waals surface area contributed by atoms with E-state index in [1.165, 1.54) is 26.6 Å². The third kappa shape index (κ3) is 5.53. The number of rotatable bonds is 9. The maximum absolute atomic E-state index is 14.0. The van der Waals surface area contributed by atoms with Crippen LogP contribution in [0, 0.1) is 0 Å². The molecule has 4 aromatic rings. The molecule has 0 saturated heterocycles. The molecule has 1 N–H and O–H groups in total. The Morgan fingerprint density at radius 2 is 1.80 bits per heavy atom. The molecule has 13 nitrogen and oxygen atoms in total. The lowest BCUT2D eigenvalue weighted by Crippen LogP contribution is -2.35. The Kier molecular flexibility index (Phi) is 7.31. The number of fused-ring (bicyclic) bond motifs is 1. The second-order valence-electron chi connectivity index (χ2n) is 9.27. The third-order valence-corrected chi connectivity index (χ3v) is 8.24. The molecule has 0 radical (unpaired) electrons. The van der Waals surface area contributed by atoms with Gasteiger partial charge in [0.05, 0.1) is 31.3 Å². The van der Waals surface area contributed by atoms with E-state index < -0.39 is 33.4 Å². The van der Waals surface area contributed by atoms with E-state index in [4.69, 9.17) is 4.74 Å². The van der Waals surface area contributed by atoms with Gasteiger partial charge in [0, 0.05) is 18.3 Å². The molecule has 0 aliphatic heterocycles. The number of nitrogens with zero attached hydrogens (tertiary/aromatic N) is 8. The number of ether oxygens (including phenoxy) is 1. The van der Waals surface area contributed by atoms with Gasteiger partial charge in [0.15, 0.2) is 27.1 Å². The van der Waals surface area contributed by atoms with Gasteiger partial charge in [-0.15, -0.1) is 0 Å². The van der Waals surface area contributed by atoms with Crippen molar-refractivity contribution in [3.05, 3.63) is 46.8 Å². The highest BCUT2D eigenvalue weighted by Gasteiger charge is 2.40. The van der Waals surface area contributed by atoms with E-state index in [0.29, 0.717) is 15.8 Å². The zero-order valence-corrected chi connectivity index (χ0v) is 22.9. The van der Waals surface area contributed by atoms with E-state index in [0.717, 1.165) is 32.2 Å². The van der Waals surface area contributed by atoms with Gasteiger partial charge in [0.2, 0.25) is 5.88 Å². The maximum atomic E-state index is 14.0. The largest absolute Gasteiger partial charge is 0.480 e. The average molecular weight is 592 g/mol. The second kappa shape index (κ2) is 10.6. The molecular weight excluding hydrogens is 567 g/mol. The van der Waals surface area contributed by atoms with E-state index >= 15 is 0 Å². The molecule has 1 unspecified atom stereocenters. The summed E-state index contributed by atoms with van der Waals surface area (Å²) in [6, 6.07) is -2.27. The minimum absolute atomic E-state index is 0.00240. The molecule has 4 heterocycles. The Morgan fingerprint density at radius 3 is 2.41 bits per heavy atom. The van der Waals surface area contributed by atoms with Crippen LogP contribution in [0.1, 0.15) is 50.2 Å². The molecule has 1 saturated carbocycles. The molecule has 0 aromatic carbocycles. The highest BCUT2D eigenvalue weighted by Crippen LogP contribution is 2.45. The monoisotopic (exact) mass is 591 g/mol. The number of methoxy groups -OCH3 is 1. The summed E-state index contributed by atoms with van der Waals surface area (Å²) in [5, 5.41) is 2.66. The summed E-state index contributed by atoms with van der Waals surface area (Å²) in [5.74, 6) is -0.201. The number of nitrogens with one attached hydrogen (secondary N) is 1. The number of alkyl halides is 3. The predicted molar refractivity (Wildman–Crippen MR) is 139 cm³/mol. The van der Waals surface area contributed by atoms with Crippen molar-refractivity contribution in [2.24, 2.45) is 0 Å². The van der Waals surface area contributed by atoms with Crippen molar-refractivity contribution >= 4 is 26.8 Å². The van der Waals surface area contributed by atoms with Crippen LogP contribution in [0.15, 0.2) is 34.6 Å². The first-order valence-electron chi connectivity index (χ1n) is 12.5. The van der Waals surface area contributed by atoms with Crippen molar-refractivity contribution in [3.63, 3.8) is 0 Å². The van der Waals surface area contributed by atoms with Crippen LogP contribution in [0.5, 0.6) is 5.88 Å². The maximum Gasteiger partial charge on any atom is 0.409 e. The van der Waals surface area contributed by atoms with Gasteiger partial charge in [-0.05, 0) is 19.8 Å². The van der Waals surface area contributed by atoms with Crippen LogP contribution in [0.3, 0.4) is 0 Å². The van der Waals surface area contributed by atoms with Gasteiger partial charge in [0.1, 0.15) is 34.2 Å². The van der Waals surface area contributed by atoms with E-state index in [2.05, 4.69) is 40.2 Å². The van der Waals surface area contributed by atoms with Crippen LogP contribution in [-0.2, 0) is 16.4 Å². The van der Waals surface area contributed by atoms with E-state index in [9.17, 15) is 26.4 Å². The van der Waals surface area contributed by atoms with Gasteiger partial charge in [-0.1, -0.05) is 6.92 Å². The van der Waals surface area contributed by atoms with Crippen LogP contribution in [-0.4, -0.2) is 66.9 Å². The lowest BCUT2D eigenvalue weighted by atomic mass is 10.1. The molecule has 1 aliphatic carbocycles. The number of hydrogen-bond donors (Lipinski definition) is 1. The molecule has 0 spiro atoms. The molecule has 17 heteroatoms. The van der Waals surface area contributed by atoms with Gasteiger partial charge in [-0.3, -0.25) is 9.36 Å². The topological polar surface area (TPSA) is 168 Å². The number of halogens is 3. The Bertz CT molecular complexity index is 1780. The zero-order chi connectivity index (χ0) is 29.5. The first-order chi connectivity index (χ1) is 19.4.